The summed E-state index contributed by atoms with van der Waals surface area (Å²) >= 11 is 0. The van der Waals surface area contributed by atoms with E-state index in [4.69, 9.17) is 18.9 Å². The third-order valence-corrected chi connectivity index (χ3v) is 2.93. The highest BCUT2D eigenvalue weighted by molar-refractivity contribution is 5.87. The Hall–Kier alpha value is -1.51. The Balaban J connectivity index is 3.51. The predicted molar refractivity (Wildman–Crippen MR) is 90.3 cm³/mol. The fourth-order valence-corrected chi connectivity index (χ4v) is 1.49. The van der Waals surface area contributed by atoms with E-state index in [0.717, 1.165) is 13.0 Å². The molecule has 0 fully saturated rings. The third kappa shape index (κ3) is 12.0. The molecule has 0 bridgehead atoms. The SMILES string of the molecule is C=N[C@@H](C)C(=O)N[C@@H](C)C(=O)OCCOCCOCCOCCC. The van der Waals surface area contributed by atoms with Gasteiger partial charge < -0.3 is 24.3 Å². The number of amides is 1. The van der Waals surface area contributed by atoms with Crippen LogP contribution in [0.1, 0.15) is 27.2 Å². The first-order valence-electron chi connectivity index (χ1n) is 8.19. The lowest BCUT2D eigenvalue weighted by atomic mass is 10.3. The fourth-order valence-electron chi connectivity index (χ4n) is 1.49. The molecule has 0 rings (SSSR count). The molecular formula is C16H30N2O6. The number of hydrogen-bond donors (Lipinski definition) is 1. The van der Waals surface area contributed by atoms with Gasteiger partial charge in [-0.15, -0.1) is 0 Å². The van der Waals surface area contributed by atoms with E-state index in [9.17, 15) is 9.59 Å². The van der Waals surface area contributed by atoms with Crippen molar-refractivity contribution in [3.8, 4) is 0 Å². The van der Waals surface area contributed by atoms with E-state index >= 15 is 0 Å². The van der Waals surface area contributed by atoms with Crippen LogP contribution in [0.2, 0.25) is 0 Å². The van der Waals surface area contributed by atoms with Gasteiger partial charge in [0.25, 0.3) is 0 Å². The number of esters is 1. The molecule has 0 aliphatic rings. The van der Waals surface area contributed by atoms with Crippen LogP contribution < -0.4 is 5.32 Å². The van der Waals surface area contributed by atoms with E-state index in [1.54, 1.807) is 13.8 Å². The second-order valence-electron chi connectivity index (χ2n) is 5.09. The third-order valence-electron chi connectivity index (χ3n) is 2.93. The monoisotopic (exact) mass is 346 g/mol. The summed E-state index contributed by atoms with van der Waals surface area (Å²) in [5.74, 6) is -0.890. The summed E-state index contributed by atoms with van der Waals surface area (Å²) in [4.78, 5) is 26.8. The molecule has 1 N–H and O–H groups in total. The normalized spacial score (nSPS) is 13.1. The molecule has 0 heterocycles. The van der Waals surface area contributed by atoms with Crippen LogP contribution in [-0.4, -0.2) is 76.9 Å². The van der Waals surface area contributed by atoms with E-state index in [0.29, 0.717) is 26.4 Å². The van der Waals surface area contributed by atoms with Crippen molar-refractivity contribution >= 4 is 18.6 Å². The first-order chi connectivity index (χ1) is 11.5. The molecule has 1 amide bonds. The highest BCUT2D eigenvalue weighted by Crippen LogP contribution is 1.93. The number of hydrogen-bond acceptors (Lipinski definition) is 7. The summed E-state index contributed by atoms with van der Waals surface area (Å²) in [5.41, 5.74) is 0. The summed E-state index contributed by atoms with van der Waals surface area (Å²) in [6.45, 7) is 11.6. The lowest BCUT2D eigenvalue weighted by Gasteiger charge is -2.14. The summed E-state index contributed by atoms with van der Waals surface area (Å²) in [5, 5.41) is 2.50. The zero-order valence-corrected chi connectivity index (χ0v) is 14.9. The average molecular weight is 346 g/mol. The van der Waals surface area contributed by atoms with Gasteiger partial charge in [0, 0.05) is 6.61 Å². The second kappa shape index (κ2) is 15.0. The van der Waals surface area contributed by atoms with Crippen molar-refractivity contribution in [2.45, 2.75) is 39.3 Å². The smallest absolute Gasteiger partial charge is 0.328 e. The Bertz CT molecular complexity index is 364. The maximum absolute atomic E-state index is 11.7. The molecule has 8 nitrogen and oxygen atoms in total. The average Bonchev–Trinajstić information content (AvgIpc) is 2.58. The van der Waals surface area contributed by atoms with E-state index in [1.807, 2.05) is 0 Å². The molecule has 0 aromatic rings. The molecule has 140 valence electrons. The first-order valence-corrected chi connectivity index (χ1v) is 8.19. The van der Waals surface area contributed by atoms with Crippen LogP contribution in [0, 0.1) is 0 Å². The van der Waals surface area contributed by atoms with Gasteiger partial charge >= 0.3 is 5.97 Å². The van der Waals surface area contributed by atoms with Crippen LogP contribution >= 0.6 is 0 Å². The number of ether oxygens (including phenoxy) is 4. The van der Waals surface area contributed by atoms with E-state index in [2.05, 4.69) is 24.0 Å². The van der Waals surface area contributed by atoms with Crippen molar-refractivity contribution in [1.82, 2.24) is 5.32 Å². The molecule has 8 heteroatoms. The van der Waals surface area contributed by atoms with Crippen molar-refractivity contribution in [3.05, 3.63) is 0 Å². The van der Waals surface area contributed by atoms with E-state index < -0.39 is 18.1 Å². The number of carbonyl (C=O) groups excluding carboxylic acids is 2. The summed E-state index contributed by atoms with van der Waals surface area (Å²) in [6.07, 6.45) is 0.994. The van der Waals surface area contributed by atoms with Gasteiger partial charge in [0.2, 0.25) is 5.91 Å². The van der Waals surface area contributed by atoms with Crippen LogP contribution in [0.15, 0.2) is 4.99 Å². The highest BCUT2D eigenvalue weighted by atomic mass is 16.6. The zero-order valence-electron chi connectivity index (χ0n) is 14.9. The van der Waals surface area contributed by atoms with Crippen molar-refractivity contribution in [2.75, 3.05) is 46.2 Å². The molecule has 2 atom stereocenters. The van der Waals surface area contributed by atoms with Crippen LogP contribution in [0.4, 0.5) is 0 Å². The number of carbonyl (C=O) groups is 2. The summed E-state index contributed by atoms with van der Waals surface area (Å²) in [7, 11) is 0. The minimum atomic E-state index is -0.742. The first kappa shape index (κ1) is 22.5. The molecule has 0 aromatic heterocycles. The number of aliphatic imine (C=N–C) groups is 1. The van der Waals surface area contributed by atoms with Gasteiger partial charge in [-0.1, -0.05) is 6.92 Å². The van der Waals surface area contributed by atoms with Crippen LogP contribution in [-0.2, 0) is 28.5 Å². The zero-order chi connectivity index (χ0) is 18.2. The Morgan fingerprint density at radius 2 is 1.46 bits per heavy atom. The van der Waals surface area contributed by atoms with Gasteiger partial charge in [0.1, 0.15) is 18.7 Å². The molecule has 0 aliphatic heterocycles. The Morgan fingerprint density at radius 3 is 1.96 bits per heavy atom. The van der Waals surface area contributed by atoms with Crippen LogP contribution in [0.25, 0.3) is 0 Å². The van der Waals surface area contributed by atoms with Gasteiger partial charge in [0.05, 0.1) is 33.0 Å². The maximum atomic E-state index is 11.7. The lowest BCUT2D eigenvalue weighted by Crippen LogP contribution is -2.43. The van der Waals surface area contributed by atoms with Gasteiger partial charge in [-0.3, -0.25) is 9.79 Å². The Labute approximate surface area is 143 Å². The molecule has 0 aliphatic carbocycles. The fraction of sp³-hybridized carbons (Fsp3) is 0.812. The standard InChI is InChI=1S/C16H30N2O6/c1-5-6-21-7-8-22-9-10-23-11-12-24-16(20)14(3)18-15(19)13(2)17-4/h13-14H,4-12H2,1-3H3,(H,18,19)/t13-,14-/m0/s1. The van der Waals surface area contributed by atoms with Gasteiger partial charge in [0.15, 0.2) is 0 Å². The van der Waals surface area contributed by atoms with Gasteiger partial charge in [-0.05, 0) is 27.0 Å². The van der Waals surface area contributed by atoms with Gasteiger partial charge in [-0.2, -0.15) is 0 Å². The summed E-state index contributed by atoms with van der Waals surface area (Å²) < 4.78 is 20.8. The molecule has 0 aromatic carbocycles. The quantitative estimate of drug-likeness (QED) is 0.265. The number of rotatable bonds is 15. The molecular weight excluding hydrogens is 316 g/mol. The summed E-state index contributed by atoms with van der Waals surface area (Å²) in [6, 6.07) is -1.34. The van der Waals surface area contributed by atoms with Crippen molar-refractivity contribution in [2.24, 2.45) is 4.99 Å². The molecule has 24 heavy (non-hydrogen) atoms. The highest BCUT2D eigenvalue weighted by Gasteiger charge is 2.19. The van der Waals surface area contributed by atoms with Crippen molar-refractivity contribution < 1.29 is 28.5 Å². The van der Waals surface area contributed by atoms with Crippen molar-refractivity contribution in [3.63, 3.8) is 0 Å². The molecule has 0 spiro atoms. The van der Waals surface area contributed by atoms with Gasteiger partial charge in [-0.25, -0.2) is 4.79 Å². The van der Waals surface area contributed by atoms with Crippen LogP contribution in [0.3, 0.4) is 0 Å². The number of nitrogens with one attached hydrogen (secondary N) is 1. The van der Waals surface area contributed by atoms with E-state index in [1.165, 1.54) is 0 Å². The topological polar surface area (TPSA) is 95.5 Å². The minimum Gasteiger partial charge on any atom is -0.462 e. The molecule has 0 unspecified atom stereocenters. The molecule has 0 radical (unpaired) electrons. The Morgan fingerprint density at radius 1 is 0.958 bits per heavy atom. The Kier molecular flexibility index (Phi) is 14.1. The predicted octanol–water partition coefficient (Wildman–Crippen LogP) is 0.583. The molecule has 0 saturated carbocycles. The van der Waals surface area contributed by atoms with E-state index in [-0.39, 0.29) is 19.1 Å². The lowest BCUT2D eigenvalue weighted by molar-refractivity contribution is -0.149. The van der Waals surface area contributed by atoms with Crippen molar-refractivity contribution in [1.29, 1.82) is 0 Å². The minimum absolute atomic E-state index is 0.119. The largest absolute Gasteiger partial charge is 0.462 e. The second-order valence-corrected chi connectivity index (χ2v) is 5.09. The maximum Gasteiger partial charge on any atom is 0.328 e. The molecule has 0 saturated heterocycles. The van der Waals surface area contributed by atoms with Crippen LogP contribution in [0.5, 0.6) is 0 Å². The number of nitrogens with zero attached hydrogens (tertiary/aromatic N) is 1.